The molecule has 2 N–H and O–H groups in total. The predicted octanol–water partition coefficient (Wildman–Crippen LogP) is 2.60. The quantitative estimate of drug-likeness (QED) is 0.558. The van der Waals surface area contributed by atoms with Gasteiger partial charge < -0.3 is 24.5 Å². The summed E-state index contributed by atoms with van der Waals surface area (Å²) in [5.74, 6) is 2.28. The highest BCUT2D eigenvalue weighted by Gasteiger charge is 2.14. The average Bonchev–Trinajstić information content (AvgIpc) is 3.25. The van der Waals surface area contributed by atoms with Crippen molar-refractivity contribution in [3.63, 3.8) is 0 Å². The SMILES string of the molecule is CC(C)Oc1ccc(-c2nnc(CCC(=O)NCc3ccc4c(c3)OCO4)c(=O)[nH]2)cc1. The van der Waals surface area contributed by atoms with E-state index >= 15 is 0 Å². The Morgan fingerprint density at radius 1 is 1.12 bits per heavy atom. The van der Waals surface area contributed by atoms with Crippen LogP contribution in [0, 0.1) is 0 Å². The maximum Gasteiger partial charge on any atom is 0.273 e. The molecule has 1 amide bonds. The number of ether oxygens (including phenoxy) is 3. The number of carbonyl (C=O) groups is 1. The fourth-order valence-electron chi connectivity index (χ4n) is 3.19. The molecule has 4 rings (SSSR count). The third-order valence-corrected chi connectivity index (χ3v) is 4.78. The Kier molecular flexibility index (Phi) is 6.34. The Morgan fingerprint density at radius 3 is 2.66 bits per heavy atom. The van der Waals surface area contributed by atoms with E-state index in [0.717, 1.165) is 16.9 Å². The molecule has 0 saturated carbocycles. The molecule has 0 bridgehead atoms. The lowest BCUT2D eigenvalue weighted by atomic mass is 10.2. The van der Waals surface area contributed by atoms with Gasteiger partial charge in [0.2, 0.25) is 12.7 Å². The van der Waals surface area contributed by atoms with E-state index in [4.69, 9.17) is 14.2 Å². The Morgan fingerprint density at radius 2 is 1.91 bits per heavy atom. The van der Waals surface area contributed by atoms with E-state index < -0.39 is 0 Å². The number of aromatic nitrogens is 3. The summed E-state index contributed by atoms with van der Waals surface area (Å²) in [6.07, 6.45) is 0.397. The molecule has 0 fully saturated rings. The van der Waals surface area contributed by atoms with E-state index in [1.807, 2.05) is 44.2 Å². The highest BCUT2D eigenvalue weighted by atomic mass is 16.7. The van der Waals surface area contributed by atoms with Crippen LogP contribution in [0.2, 0.25) is 0 Å². The molecule has 0 atom stereocenters. The van der Waals surface area contributed by atoms with E-state index in [9.17, 15) is 9.59 Å². The van der Waals surface area contributed by atoms with Gasteiger partial charge in [0, 0.05) is 24.9 Å². The zero-order chi connectivity index (χ0) is 22.5. The van der Waals surface area contributed by atoms with Gasteiger partial charge in [-0.3, -0.25) is 9.59 Å². The molecular weight excluding hydrogens is 412 g/mol. The first-order valence-corrected chi connectivity index (χ1v) is 10.4. The number of amides is 1. The Bertz CT molecular complexity index is 1160. The second-order valence-corrected chi connectivity index (χ2v) is 7.60. The number of hydrogen-bond acceptors (Lipinski definition) is 7. The van der Waals surface area contributed by atoms with Crippen molar-refractivity contribution in [1.29, 1.82) is 0 Å². The van der Waals surface area contributed by atoms with Crippen LogP contribution < -0.4 is 25.1 Å². The summed E-state index contributed by atoms with van der Waals surface area (Å²) < 4.78 is 16.2. The van der Waals surface area contributed by atoms with E-state index in [2.05, 4.69) is 20.5 Å². The zero-order valence-electron chi connectivity index (χ0n) is 17.9. The van der Waals surface area contributed by atoms with Crippen LogP contribution in [0.4, 0.5) is 0 Å². The van der Waals surface area contributed by atoms with Gasteiger partial charge in [0.15, 0.2) is 17.3 Å². The summed E-state index contributed by atoms with van der Waals surface area (Å²) in [5.41, 5.74) is 1.47. The molecule has 1 aromatic heterocycles. The molecule has 0 unspecified atom stereocenters. The number of benzene rings is 2. The molecule has 166 valence electrons. The van der Waals surface area contributed by atoms with E-state index in [0.29, 0.717) is 23.9 Å². The summed E-state index contributed by atoms with van der Waals surface area (Å²) >= 11 is 0. The first kappa shape index (κ1) is 21.4. The van der Waals surface area contributed by atoms with Crippen molar-refractivity contribution < 1.29 is 19.0 Å². The molecule has 1 aliphatic heterocycles. The second-order valence-electron chi connectivity index (χ2n) is 7.60. The minimum Gasteiger partial charge on any atom is -0.491 e. The van der Waals surface area contributed by atoms with Crippen LogP contribution in [-0.4, -0.2) is 34.0 Å². The Hall–Kier alpha value is -3.88. The Balaban J connectivity index is 1.30. The number of aryl methyl sites for hydroxylation is 1. The van der Waals surface area contributed by atoms with E-state index in [-0.39, 0.29) is 42.9 Å². The number of rotatable bonds is 8. The summed E-state index contributed by atoms with van der Waals surface area (Å²) in [5, 5.41) is 10.9. The lowest BCUT2D eigenvalue weighted by molar-refractivity contribution is -0.121. The molecule has 3 aromatic rings. The molecule has 32 heavy (non-hydrogen) atoms. The van der Waals surface area contributed by atoms with Crippen LogP contribution in [0.5, 0.6) is 17.2 Å². The summed E-state index contributed by atoms with van der Waals surface area (Å²) in [7, 11) is 0. The second kappa shape index (κ2) is 9.51. The standard InChI is InChI=1S/C23H24N4O5/c1-14(2)32-17-6-4-16(5-7-17)22-25-23(29)18(26-27-22)8-10-21(28)24-12-15-3-9-19-20(11-15)31-13-30-19/h3-7,9,11,14H,8,10,12-13H2,1-2H3,(H,24,28)(H,25,27,29). The molecule has 0 radical (unpaired) electrons. The van der Waals surface area contributed by atoms with Crippen molar-refractivity contribution in [3.05, 3.63) is 64.1 Å². The number of nitrogens with one attached hydrogen (secondary N) is 2. The fourth-order valence-corrected chi connectivity index (χ4v) is 3.19. The zero-order valence-corrected chi connectivity index (χ0v) is 17.9. The first-order valence-electron chi connectivity index (χ1n) is 10.4. The topological polar surface area (TPSA) is 115 Å². The van der Waals surface area contributed by atoms with Gasteiger partial charge in [-0.15, -0.1) is 10.2 Å². The van der Waals surface area contributed by atoms with Crippen molar-refractivity contribution in [3.8, 4) is 28.6 Å². The maximum atomic E-state index is 12.4. The molecular formula is C23H24N4O5. The van der Waals surface area contributed by atoms with Gasteiger partial charge in [0.25, 0.3) is 5.56 Å². The van der Waals surface area contributed by atoms with Gasteiger partial charge in [-0.05, 0) is 55.8 Å². The highest BCUT2D eigenvalue weighted by Crippen LogP contribution is 2.32. The minimum absolute atomic E-state index is 0.0777. The van der Waals surface area contributed by atoms with Crippen LogP contribution in [-0.2, 0) is 17.8 Å². The third kappa shape index (κ3) is 5.23. The number of hydrogen-bond donors (Lipinski definition) is 2. The van der Waals surface area contributed by atoms with Crippen LogP contribution in [0.25, 0.3) is 11.4 Å². The summed E-state index contributed by atoms with van der Waals surface area (Å²) in [6.45, 7) is 4.46. The fraction of sp³-hybridized carbons (Fsp3) is 0.304. The van der Waals surface area contributed by atoms with Crippen molar-refractivity contribution in [1.82, 2.24) is 20.5 Å². The molecule has 2 heterocycles. The van der Waals surface area contributed by atoms with Gasteiger partial charge in [0.05, 0.1) is 6.10 Å². The van der Waals surface area contributed by atoms with Gasteiger partial charge in [0.1, 0.15) is 11.4 Å². The van der Waals surface area contributed by atoms with Crippen molar-refractivity contribution >= 4 is 5.91 Å². The van der Waals surface area contributed by atoms with E-state index in [1.54, 1.807) is 12.1 Å². The van der Waals surface area contributed by atoms with Gasteiger partial charge in [-0.25, -0.2) is 0 Å². The normalized spacial score (nSPS) is 12.1. The predicted molar refractivity (Wildman–Crippen MR) is 117 cm³/mol. The molecule has 9 nitrogen and oxygen atoms in total. The first-order chi connectivity index (χ1) is 15.5. The molecule has 9 heteroatoms. The smallest absolute Gasteiger partial charge is 0.273 e. The lowest BCUT2D eigenvalue weighted by Crippen LogP contribution is -2.25. The van der Waals surface area contributed by atoms with Crippen LogP contribution in [0.15, 0.2) is 47.3 Å². The van der Waals surface area contributed by atoms with Gasteiger partial charge in [-0.2, -0.15) is 0 Å². The number of carbonyl (C=O) groups excluding carboxylic acids is 1. The van der Waals surface area contributed by atoms with Crippen molar-refractivity contribution in [2.75, 3.05) is 6.79 Å². The average molecular weight is 436 g/mol. The number of H-pyrrole nitrogens is 1. The number of fused-ring (bicyclic) bond motifs is 1. The molecule has 0 saturated heterocycles. The molecule has 0 aliphatic carbocycles. The Labute approximate surface area is 184 Å². The largest absolute Gasteiger partial charge is 0.491 e. The maximum absolute atomic E-state index is 12.4. The van der Waals surface area contributed by atoms with Gasteiger partial charge in [-0.1, -0.05) is 6.07 Å². The van der Waals surface area contributed by atoms with Crippen LogP contribution in [0.1, 0.15) is 31.5 Å². The molecule has 2 aromatic carbocycles. The lowest BCUT2D eigenvalue weighted by Gasteiger charge is -2.09. The van der Waals surface area contributed by atoms with Gasteiger partial charge >= 0.3 is 0 Å². The third-order valence-electron chi connectivity index (χ3n) is 4.78. The van der Waals surface area contributed by atoms with Crippen LogP contribution in [0.3, 0.4) is 0 Å². The van der Waals surface area contributed by atoms with E-state index in [1.165, 1.54) is 0 Å². The number of aromatic amines is 1. The minimum atomic E-state index is -0.360. The number of nitrogens with zero attached hydrogens (tertiary/aromatic N) is 2. The molecule has 1 aliphatic rings. The molecule has 0 spiro atoms. The summed E-state index contributed by atoms with van der Waals surface area (Å²) in [6, 6.07) is 12.7. The summed E-state index contributed by atoms with van der Waals surface area (Å²) in [4.78, 5) is 27.3. The van der Waals surface area contributed by atoms with Crippen LogP contribution >= 0.6 is 0 Å². The van der Waals surface area contributed by atoms with Crippen molar-refractivity contribution in [2.24, 2.45) is 0 Å². The van der Waals surface area contributed by atoms with Crippen molar-refractivity contribution in [2.45, 2.75) is 39.3 Å². The monoisotopic (exact) mass is 436 g/mol. The highest BCUT2D eigenvalue weighted by molar-refractivity contribution is 5.76.